The minimum atomic E-state index is -1.16. The van der Waals surface area contributed by atoms with E-state index in [4.69, 9.17) is 5.73 Å². The molecule has 0 atom stereocenters. The lowest BCUT2D eigenvalue weighted by molar-refractivity contribution is -0.122. The van der Waals surface area contributed by atoms with Gasteiger partial charge in [0.25, 0.3) is 5.91 Å². The van der Waals surface area contributed by atoms with Gasteiger partial charge in [-0.25, -0.2) is 4.68 Å². The molecule has 116 valence electrons. The Labute approximate surface area is 128 Å². The molecule has 2 aromatic rings. The van der Waals surface area contributed by atoms with Crippen LogP contribution in [0.25, 0.3) is 5.69 Å². The maximum absolute atomic E-state index is 12.3. The van der Waals surface area contributed by atoms with Crippen molar-refractivity contribution < 1.29 is 9.59 Å². The van der Waals surface area contributed by atoms with E-state index in [0.717, 1.165) is 11.3 Å². The fourth-order valence-corrected chi connectivity index (χ4v) is 1.95. The van der Waals surface area contributed by atoms with Crippen molar-refractivity contribution in [2.45, 2.75) is 33.2 Å². The van der Waals surface area contributed by atoms with Crippen LogP contribution in [0.3, 0.4) is 0 Å². The second kappa shape index (κ2) is 5.59. The number of primary amides is 1. The zero-order valence-electron chi connectivity index (χ0n) is 13.0. The van der Waals surface area contributed by atoms with Gasteiger partial charge < -0.3 is 11.1 Å². The van der Waals surface area contributed by atoms with Crippen molar-refractivity contribution in [1.29, 1.82) is 0 Å². The van der Waals surface area contributed by atoms with Crippen molar-refractivity contribution in [2.24, 2.45) is 5.73 Å². The number of nitrogens with two attached hydrogens (primary N) is 1. The third-order valence-corrected chi connectivity index (χ3v) is 3.40. The van der Waals surface area contributed by atoms with E-state index in [9.17, 15) is 9.59 Å². The van der Waals surface area contributed by atoms with E-state index in [1.807, 2.05) is 31.2 Å². The first-order valence-electron chi connectivity index (χ1n) is 6.84. The Morgan fingerprint density at radius 1 is 1.27 bits per heavy atom. The summed E-state index contributed by atoms with van der Waals surface area (Å²) in [6, 6.07) is 7.70. The quantitative estimate of drug-likeness (QED) is 0.874. The Morgan fingerprint density at radius 2 is 1.95 bits per heavy atom. The lowest BCUT2D eigenvalue weighted by Gasteiger charge is -2.21. The molecular weight excluding hydrogens is 282 g/mol. The Morgan fingerprint density at radius 3 is 2.55 bits per heavy atom. The van der Waals surface area contributed by atoms with Crippen LogP contribution in [0.2, 0.25) is 0 Å². The van der Waals surface area contributed by atoms with Gasteiger partial charge in [0.2, 0.25) is 5.91 Å². The number of nitrogens with one attached hydrogen (secondary N) is 1. The third kappa shape index (κ3) is 2.98. The first kappa shape index (κ1) is 15.7. The summed E-state index contributed by atoms with van der Waals surface area (Å²) in [6.07, 6.45) is 0. The summed E-state index contributed by atoms with van der Waals surface area (Å²) >= 11 is 0. The summed E-state index contributed by atoms with van der Waals surface area (Å²) in [7, 11) is 0. The SMILES string of the molecule is Cc1cccc(-n2nnc(C(=O)NC(C)(C)C(N)=O)c2C)c1. The summed E-state index contributed by atoms with van der Waals surface area (Å²) in [5, 5.41) is 10.5. The first-order valence-corrected chi connectivity index (χ1v) is 6.84. The molecule has 2 rings (SSSR count). The highest BCUT2D eigenvalue weighted by Gasteiger charge is 2.29. The normalized spacial score (nSPS) is 11.3. The van der Waals surface area contributed by atoms with E-state index in [1.165, 1.54) is 13.8 Å². The number of rotatable bonds is 4. The van der Waals surface area contributed by atoms with E-state index in [2.05, 4.69) is 15.6 Å². The number of benzene rings is 1. The summed E-state index contributed by atoms with van der Waals surface area (Å²) in [4.78, 5) is 23.6. The fourth-order valence-electron chi connectivity index (χ4n) is 1.95. The molecule has 1 heterocycles. The standard InChI is InChI=1S/C15H19N5O2/c1-9-6-5-7-11(8-9)20-10(2)12(18-19-20)13(21)17-15(3,4)14(16)22/h5-8H,1-4H3,(H2,16,22)(H,17,21). The fraction of sp³-hybridized carbons (Fsp3) is 0.333. The Balaban J connectivity index is 2.32. The van der Waals surface area contributed by atoms with Crippen LogP contribution in [0, 0.1) is 13.8 Å². The van der Waals surface area contributed by atoms with Gasteiger partial charge >= 0.3 is 0 Å². The third-order valence-electron chi connectivity index (χ3n) is 3.40. The molecule has 0 fully saturated rings. The molecule has 0 unspecified atom stereocenters. The smallest absolute Gasteiger partial charge is 0.274 e. The minimum Gasteiger partial charge on any atom is -0.368 e. The number of carbonyl (C=O) groups excluding carboxylic acids is 2. The van der Waals surface area contributed by atoms with Crippen molar-refractivity contribution in [3.8, 4) is 5.69 Å². The zero-order chi connectivity index (χ0) is 16.5. The summed E-state index contributed by atoms with van der Waals surface area (Å²) in [5.41, 5.74) is 6.74. The lowest BCUT2D eigenvalue weighted by atomic mass is 10.0. The highest BCUT2D eigenvalue weighted by molar-refractivity contribution is 5.97. The number of hydrogen-bond acceptors (Lipinski definition) is 4. The Hall–Kier alpha value is -2.70. The second-order valence-corrected chi connectivity index (χ2v) is 5.72. The molecule has 2 amide bonds. The van der Waals surface area contributed by atoms with Crippen LogP contribution < -0.4 is 11.1 Å². The molecular formula is C15H19N5O2. The second-order valence-electron chi connectivity index (χ2n) is 5.72. The molecule has 0 spiro atoms. The largest absolute Gasteiger partial charge is 0.368 e. The topological polar surface area (TPSA) is 103 Å². The Bertz CT molecular complexity index is 733. The van der Waals surface area contributed by atoms with Gasteiger partial charge in [0.1, 0.15) is 5.54 Å². The average Bonchev–Trinajstić information content (AvgIpc) is 2.80. The van der Waals surface area contributed by atoms with Crippen LogP contribution in [0.1, 0.15) is 35.6 Å². The number of aromatic nitrogens is 3. The number of amides is 2. The molecule has 0 aliphatic carbocycles. The Kier molecular flexibility index (Phi) is 3.99. The molecule has 1 aromatic carbocycles. The van der Waals surface area contributed by atoms with Crippen molar-refractivity contribution in [3.05, 3.63) is 41.2 Å². The van der Waals surface area contributed by atoms with Crippen LogP contribution in [0.5, 0.6) is 0 Å². The van der Waals surface area contributed by atoms with E-state index in [-0.39, 0.29) is 5.69 Å². The van der Waals surface area contributed by atoms with Crippen LogP contribution in [0.4, 0.5) is 0 Å². The number of carbonyl (C=O) groups is 2. The highest BCUT2D eigenvalue weighted by atomic mass is 16.2. The van der Waals surface area contributed by atoms with Crippen molar-refractivity contribution in [2.75, 3.05) is 0 Å². The first-order chi connectivity index (χ1) is 10.2. The van der Waals surface area contributed by atoms with Crippen LogP contribution in [-0.4, -0.2) is 32.3 Å². The van der Waals surface area contributed by atoms with Gasteiger partial charge in [-0.2, -0.15) is 0 Å². The van der Waals surface area contributed by atoms with Crippen LogP contribution in [0.15, 0.2) is 24.3 Å². The molecule has 0 aliphatic rings. The molecule has 3 N–H and O–H groups in total. The van der Waals surface area contributed by atoms with Crippen molar-refractivity contribution in [3.63, 3.8) is 0 Å². The summed E-state index contributed by atoms with van der Waals surface area (Å²) < 4.78 is 1.58. The predicted molar refractivity (Wildman–Crippen MR) is 81.6 cm³/mol. The van der Waals surface area contributed by atoms with E-state index >= 15 is 0 Å². The van der Waals surface area contributed by atoms with Crippen LogP contribution >= 0.6 is 0 Å². The summed E-state index contributed by atoms with van der Waals surface area (Å²) in [5.74, 6) is -1.11. The van der Waals surface area contributed by atoms with Crippen molar-refractivity contribution in [1.82, 2.24) is 20.3 Å². The molecule has 7 heteroatoms. The molecule has 0 saturated heterocycles. The molecule has 1 aromatic heterocycles. The molecule has 22 heavy (non-hydrogen) atoms. The molecule has 0 bridgehead atoms. The minimum absolute atomic E-state index is 0.163. The van der Waals surface area contributed by atoms with Gasteiger partial charge in [-0.05, 0) is 45.4 Å². The molecule has 0 aliphatic heterocycles. The van der Waals surface area contributed by atoms with Gasteiger partial charge in [-0.3, -0.25) is 9.59 Å². The van der Waals surface area contributed by atoms with Crippen LogP contribution in [-0.2, 0) is 4.79 Å². The van der Waals surface area contributed by atoms with Gasteiger partial charge in [0.15, 0.2) is 5.69 Å². The number of aryl methyl sites for hydroxylation is 1. The molecule has 7 nitrogen and oxygen atoms in total. The molecule has 0 radical (unpaired) electrons. The number of nitrogens with zero attached hydrogens (tertiary/aromatic N) is 3. The van der Waals surface area contributed by atoms with Crippen molar-refractivity contribution >= 4 is 11.8 Å². The van der Waals surface area contributed by atoms with Gasteiger partial charge in [0, 0.05) is 0 Å². The van der Waals surface area contributed by atoms with E-state index in [0.29, 0.717) is 5.69 Å². The molecule has 0 saturated carbocycles. The van der Waals surface area contributed by atoms with E-state index < -0.39 is 17.4 Å². The van der Waals surface area contributed by atoms with Gasteiger partial charge in [0.05, 0.1) is 11.4 Å². The zero-order valence-corrected chi connectivity index (χ0v) is 13.0. The number of hydrogen-bond donors (Lipinski definition) is 2. The predicted octanol–water partition coefficient (Wildman–Crippen LogP) is 0.878. The monoisotopic (exact) mass is 301 g/mol. The van der Waals surface area contributed by atoms with Gasteiger partial charge in [-0.15, -0.1) is 5.10 Å². The lowest BCUT2D eigenvalue weighted by Crippen LogP contribution is -2.53. The average molecular weight is 301 g/mol. The maximum atomic E-state index is 12.3. The summed E-state index contributed by atoms with van der Waals surface area (Å²) in [6.45, 7) is 6.79. The van der Waals surface area contributed by atoms with Gasteiger partial charge in [-0.1, -0.05) is 17.3 Å². The van der Waals surface area contributed by atoms with E-state index in [1.54, 1.807) is 11.6 Å². The maximum Gasteiger partial charge on any atom is 0.274 e. The highest BCUT2D eigenvalue weighted by Crippen LogP contribution is 2.14.